The van der Waals surface area contributed by atoms with E-state index in [4.69, 9.17) is 25.8 Å². The minimum atomic E-state index is -3.71. The summed E-state index contributed by atoms with van der Waals surface area (Å²) in [5, 5.41) is 6.36. The molecule has 7 rings (SSSR count). The molecule has 3 aromatic rings. The minimum absolute atomic E-state index is 0.0729. The van der Waals surface area contributed by atoms with Gasteiger partial charge < -0.3 is 34.6 Å². The fraction of sp³-hybridized carbons (Fsp3) is 0.515. The van der Waals surface area contributed by atoms with Gasteiger partial charge in [-0.1, -0.05) is 11.6 Å². The van der Waals surface area contributed by atoms with Crippen molar-refractivity contribution in [3.8, 4) is 17.2 Å². The maximum atomic E-state index is 15.3. The van der Waals surface area contributed by atoms with Gasteiger partial charge in [-0.25, -0.2) is 17.8 Å². The number of hydrogen-bond donors (Lipinski definition) is 2. The van der Waals surface area contributed by atoms with E-state index in [0.29, 0.717) is 42.7 Å². The summed E-state index contributed by atoms with van der Waals surface area (Å²) in [6.45, 7) is 6.81. The number of methoxy groups -OCH3 is 1. The molecule has 0 saturated carbocycles. The zero-order valence-electron chi connectivity index (χ0n) is 28.3. The van der Waals surface area contributed by atoms with Gasteiger partial charge in [-0.2, -0.15) is 4.98 Å². The van der Waals surface area contributed by atoms with Crippen molar-refractivity contribution in [1.29, 1.82) is 0 Å². The third-order valence-electron chi connectivity index (χ3n) is 9.32. The molecular formula is C33H44ClFN8O5S. The number of likely N-dealkylation sites (N-methyl/N-ethyl adjacent to an activating group) is 1. The van der Waals surface area contributed by atoms with Crippen molar-refractivity contribution in [3.63, 3.8) is 0 Å². The van der Waals surface area contributed by atoms with Crippen molar-refractivity contribution in [2.24, 2.45) is 0 Å². The molecule has 266 valence electrons. The number of benzene rings is 2. The highest BCUT2D eigenvalue weighted by Gasteiger charge is 2.29. The molecular weight excluding hydrogens is 675 g/mol. The number of ether oxygens (including phenoxy) is 3. The van der Waals surface area contributed by atoms with Gasteiger partial charge in [0.25, 0.3) is 0 Å². The predicted octanol–water partition coefficient (Wildman–Crippen LogP) is 4.93. The molecule has 13 nitrogen and oxygen atoms in total. The number of piperazine rings is 1. The first-order valence-corrected chi connectivity index (χ1v) is 18.7. The Balaban J connectivity index is 1.31. The van der Waals surface area contributed by atoms with Gasteiger partial charge in [-0.05, 0) is 32.7 Å². The fourth-order valence-corrected chi connectivity index (χ4v) is 7.01. The molecule has 49 heavy (non-hydrogen) atoms. The molecule has 2 N–H and O–H groups in total. The molecule has 0 aliphatic carbocycles. The van der Waals surface area contributed by atoms with Gasteiger partial charge in [-0.15, -0.1) is 0 Å². The molecule has 5 heterocycles. The minimum Gasteiger partial charge on any atom is -0.494 e. The maximum absolute atomic E-state index is 15.3. The van der Waals surface area contributed by atoms with Crippen molar-refractivity contribution in [2.45, 2.75) is 31.7 Å². The first-order chi connectivity index (χ1) is 23.5. The largest absolute Gasteiger partial charge is 0.494 e. The van der Waals surface area contributed by atoms with Crippen LogP contribution < -0.4 is 34.0 Å². The van der Waals surface area contributed by atoms with Crippen LogP contribution in [0.25, 0.3) is 0 Å². The van der Waals surface area contributed by atoms with Crippen LogP contribution in [0.1, 0.15) is 25.7 Å². The number of anilines is 6. The Labute approximate surface area is 292 Å². The van der Waals surface area contributed by atoms with Crippen molar-refractivity contribution in [3.05, 3.63) is 41.3 Å². The van der Waals surface area contributed by atoms with Crippen LogP contribution in [0, 0.1) is 5.82 Å². The molecule has 0 amide bonds. The predicted molar refractivity (Wildman–Crippen MR) is 191 cm³/mol. The zero-order chi connectivity index (χ0) is 34.7. The quantitative estimate of drug-likeness (QED) is 0.372. The van der Waals surface area contributed by atoms with E-state index < -0.39 is 15.8 Å². The lowest BCUT2D eigenvalue weighted by Gasteiger charge is -2.42. The van der Waals surface area contributed by atoms with E-state index in [-0.39, 0.29) is 40.5 Å². The van der Waals surface area contributed by atoms with Crippen LogP contribution in [0.15, 0.2) is 30.5 Å². The van der Waals surface area contributed by atoms with Crippen LogP contribution in [-0.4, -0.2) is 114 Å². The van der Waals surface area contributed by atoms with Crippen molar-refractivity contribution >= 4 is 56.1 Å². The number of halogens is 2. The van der Waals surface area contributed by atoms with E-state index in [1.165, 1.54) is 19.3 Å². The Morgan fingerprint density at radius 1 is 0.980 bits per heavy atom. The summed E-state index contributed by atoms with van der Waals surface area (Å²) in [5.41, 5.74) is 1.81. The Morgan fingerprint density at radius 2 is 1.67 bits per heavy atom. The number of nitrogens with one attached hydrogen (secondary N) is 2. The Kier molecular flexibility index (Phi) is 10.7. The highest BCUT2D eigenvalue weighted by Crippen LogP contribution is 2.42. The van der Waals surface area contributed by atoms with Crippen LogP contribution in [0.3, 0.4) is 0 Å². The first-order valence-electron chi connectivity index (χ1n) is 16.5. The number of sulfonamides is 1. The van der Waals surface area contributed by atoms with E-state index in [9.17, 15) is 8.42 Å². The number of piperidine rings is 1. The van der Waals surface area contributed by atoms with Crippen LogP contribution in [0.4, 0.5) is 38.9 Å². The second kappa shape index (κ2) is 15.0. The summed E-state index contributed by atoms with van der Waals surface area (Å²) < 4.78 is 59.4. The fourth-order valence-electron chi connectivity index (χ4n) is 6.36. The van der Waals surface area contributed by atoms with Crippen LogP contribution >= 0.6 is 11.6 Å². The number of rotatable bonds is 5. The average molecular weight is 719 g/mol. The van der Waals surface area contributed by atoms with E-state index in [2.05, 4.69) is 42.3 Å². The lowest BCUT2D eigenvalue weighted by atomic mass is 10.0. The SMILES string of the molecule is COc1cc(N2CCC(N3CCN(C)CC3)CC2)c2cc1Nc1ncc(Cl)c(n1)Nc1cc(F)c(cc1N(C)S(C)(=O)=O)OCCCCO2. The summed E-state index contributed by atoms with van der Waals surface area (Å²) in [4.78, 5) is 16.3. The topological polar surface area (TPSA) is 125 Å². The highest BCUT2D eigenvalue weighted by molar-refractivity contribution is 7.92. The molecule has 6 bridgehead atoms. The normalized spacial score (nSPS) is 18.4. The lowest BCUT2D eigenvalue weighted by Crippen LogP contribution is -2.52. The third-order valence-corrected chi connectivity index (χ3v) is 10.8. The molecule has 1 aromatic heterocycles. The summed E-state index contributed by atoms with van der Waals surface area (Å²) >= 11 is 6.48. The molecule has 0 atom stereocenters. The van der Waals surface area contributed by atoms with E-state index >= 15 is 4.39 Å². The maximum Gasteiger partial charge on any atom is 0.232 e. The summed E-state index contributed by atoms with van der Waals surface area (Å²) in [6, 6.07) is 6.96. The second-order valence-corrected chi connectivity index (χ2v) is 15.1. The molecule has 0 spiro atoms. The molecule has 16 heteroatoms. The van der Waals surface area contributed by atoms with E-state index in [1.54, 1.807) is 7.11 Å². The second-order valence-electron chi connectivity index (χ2n) is 12.7. The summed E-state index contributed by atoms with van der Waals surface area (Å²) in [7, 11) is 1.45. The smallest absolute Gasteiger partial charge is 0.232 e. The Hall–Kier alpha value is -3.79. The van der Waals surface area contributed by atoms with Crippen LogP contribution in [0.2, 0.25) is 5.02 Å². The van der Waals surface area contributed by atoms with Gasteiger partial charge in [0, 0.05) is 76.6 Å². The van der Waals surface area contributed by atoms with Gasteiger partial charge in [0.05, 0.1) is 55.5 Å². The zero-order valence-corrected chi connectivity index (χ0v) is 29.9. The highest BCUT2D eigenvalue weighted by atomic mass is 35.5. The number of aromatic nitrogens is 2. The van der Waals surface area contributed by atoms with Crippen LogP contribution in [-0.2, 0) is 10.0 Å². The first kappa shape index (κ1) is 35.1. The summed E-state index contributed by atoms with van der Waals surface area (Å²) in [6.07, 6.45) is 5.81. The number of fused-ring (bicyclic) bond motifs is 7. The monoisotopic (exact) mass is 718 g/mol. The lowest BCUT2D eigenvalue weighted by molar-refractivity contribution is 0.0981. The van der Waals surface area contributed by atoms with Crippen molar-refractivity contribution in [1.82, 2.24) is 19.8 Å². The Bertz CT molecular complexity index is 1750. The molecule has 0 unspecified atom stereocenters. The van der Waals surface area contributed by atoms with Gasteiger partial charge in [0.2, 0.25) is 16.0 Å². The summed E-state index contributed by atoms with van der Waals surface area (Å²) in [5.74, 6) is 0.841. The van der Waals surface area contributed by atoms with Crippen LogP contribution in [0.5, 0.6) is 17.2 Å². The number of hydrogen-bond acceptors (Lipinski definition) is 12. The molecule has 2 aromatic carbocycles. The van der Waals surface area contributed by atoms with Gasteiger partial charge in [0.15, 0.2) is 17.4 Å². The van der Waals surface area contributed by atoms with E-state index in [0.717, 1.165) is 74.4 Å². The van der Waals surface area contributed by atoms with Gasteiger partial charge >= 0.3 is 0 Å². The number of nitrogens with zero attached hydrogens (tertiary/aromatic N) is 6. The molecule has 2 saturated heterocycles. The molecule has 0 radical (unpaired) electrons. The average Bonchev–Trinajstić information content (AvgIpc) is 3.08. The van der Waals surface area contributed by atoms with Gasteiger partial charge in [0.1, 0.15) is 16.5 Å². The van der Waals surface area contributed by atoms with Crippen molar-refractivity contribution < 1.29 is 27.0 Å². The molecule has 2 fully saturated rings. The third kappa shape index (κ3) is 8.17. The van der Waals surface area contributed by atoms with E-state index in [1.807, 2.05) is 12.1 Å². The molecule has 4 aliphatic rings. The standard InChI is InChI=1S/C33H44ClFN8O5S/c1-40-11-13-42(14-12-40)22-7-9-43(10-8-22)28-20-30(46-3)26-18-31(28)48-16-6-5-15-47-29-19-27(41(2)49(4,44)45)25(17-24(29)35)37-32-23(34)21-36-33(38-26)39-32/h17-22H,5-16H2,1-4H3,(H2,36,37,38,39). The van der Waals surface area contributed by atoms with Crippen molar-refractivity contribution in [2.75, 3.05) is 99.8 Å². The molecule has 4 aliphatic heterocycles. The van der Waals surface area contributed by atoms with Gasteiger partial charge in [-0.3, -0.25) is 9.21 Å². The Morgan fingerprint density at radius 3 is 2.35 bits per heavy atom.